The molecule has 0 aromatic heterocycles. The predicted molar refractivity (Wildman–Crippen MR) is 70.4 cm³/mol. The smallest absolute Gasteiger partial charge is 0.320 e. The highest BCUT2D eigenvalue weighted by Gasteiger charge is 2.16. The lowest BCUT2D eigenvalue weighted by molar-refractivity contribution is 0.503. The van der Waals surface area contributed by atoms with Crippen molar-refractivity contribution in [1.82, 2.24) is 0 Å². The van der Waals surface area contributed by atoms with E-state index in [1.54, 1.807) is 6.92 Å². The van der Waals surface area contributed by atoms with Crippen molar-refractivity contribution >= 4 is 25.8 Å². The molecule has 5 nitrogen and oxygen atoms in total. The van der Waals surface area contributed by atoms with Crippen molar-refractivity contribution in [2.24, 2.45) is 10.7 Å². The second-order valence-electron chi connectivity index (χ2n) is 3.39. The van der Waals surface area contributed by atoms with Gasteiger partial charge in [0, 0.05) is 10.8 Å². The van der Waals surface area contributed by atoms with Crippen LogP contribution in [0.5, 0.6) is 0 Å². The highest BCUT2D eigenvalue weighted by molar-refractivity contribution is 8.70. The Labute approximate surface area is 104 Å². The number of hydrogen-bond donors (Lipinski definition) is 2. The van der Waals surface area contributed by atoms with Crippen molar-refractivity contribution in [1.29, 1.82) is 0 Å². The molecule has 0 spiro atoms. The highest BCUT2D eigenvalue weighted by Crippen LogP contribution is 2.17. The van der Waals surface area contributed by atoms with E-state index in [0.717, 1.165) is 5.56 Å². The second kappa shape index (κ2) is 6.04. The molecule has 0 heterocycles. The van der Waals surface area contributed by atoms with E-state index in [1.165, 1.54) is 0 Å². The van der Waals surface area contributed by atoms with Crippen LogP contribution in [0.4, 0.5) is 0 Å². The average Bonchev–Trinajstić information content (AvgIpc) is 2.25. The van der Waals surface area contributed by atoms with E-state index in [9.17, 15) is 8.42 Å². The molecule has 0 saturated heterocycles. The molecule has 0 saturated carbocycles. The van der Waals surface area contributed by atoms with E-state index in [-0.39, 0.29) is 5.84 Å². The van der Waals surface area contributed by atoms with E-state index in [1.807, 2.05) is 30.3 Å². The first-order valence-electron chi connectivity index (χ1n) is 4.88. The molecule has 1 aromatic carbocycles. The van der Waals surface area contributed by atoms with E-state index in [0.29, 0.717) is 17.3 Å². The Kier molecular flexibility index (Phi) is 4.98. The first-order chi connectivity index (χ1) is 7.88. The summed E-state index contributed by atoms with van der Waals surface area (Å²) >= 11 is 0. The Morgan fingerprint density at radius 2 is 2.06 bits per heavy atom. The van der Waals surface area contributed by atoms with Crippen molar-refractivity contribution in [3.05, 3.63) is 35.9 Å². The standard InChI is InChI=1S/C10H14N2O3S2/c1-8(16-17(13,14)15)10(11)12-7-9-5-3-2-4-6-9/h2-6,8H,7H2,1H3,(H2,11,12)(H,13,14,15)/t8-/m0/s1. The molecule has 0 radical (unpaired) electrons. The molecule has 3 N–H and O–H groups in total. The largest absolute Gasteiger partial charge is 0.387 e. The normalized spacial score (nSPS) is 14.6. The van der Waals surface area contributed by atoms with Crippen LogP contribution in [0.25, 0.3) is 0 Å². The van der Waals surface area contributed by atoms with Gasteiger partial charge in [0.05, 0.1) is 11.8 Å². The zero-order valence-corrected chi connectivity index (χ0v) is 10.9. The van der Waals surface area contributed by atoms with Gasteiger partial charge in [0.25, 0.3) is 0 Å². The summed E-state index contributed by atoms with van der Waals surface area (Å²) in [5.74, 6) is 0.191. The Hall–Kier alpha value is -1.05. The van der Waals surface area contributed by atoms with Crippen LogP contribution in [0, 0.1) is 0 Å². The zero-order valence-electron chi connectivity index (χ0n) is 9.28. The minimum Gasteiger partial charge on any atom is -0.387 e. The molecular formula is C10H14N2O3S2. The van der Waals surface area contributed by atoms with Gasteiger partial charge >= 0.3 is 9.15 Å². The van der Waals surface area contributed by atoms with Crippen LogP contribution in [0.2, 0.25) is 0 Å². The molecule has 17 heavy (non-hydrogen) atoms. The lowest BCUT2D eigenvalue weighted by atomic mass is 10.2. The van der Waals surface area contributed by atoms with E-state index in [4.69, 9.17) is 10.3 Å². The van der Waals surface area contributed by atoms with Crippen LogP contribution < -0.4 is 5.73 Å². The molecule has 0 fully saturated rings. The monoisotopic (exact) mass is 274 g/mol. The van der Waals surface area contributed by atoms with E-state index >= 15 is 0 Å². The summed E-state index contributed by atoms with van der Waals surface area (Å²) in [5.41, 5.74) is 6.61. The highest BCUT2D eigenvalue weighted by atomic mass is 33.1. The number of aliphatic imine (C=N–C) groups is 1. The van der Waals surface area contributed by atoms with Crippen molar-refractivity contribution in [3.63, 3.8) is 0 Å². The van der Waals surface area contributed by atoms with Crippen LogP contribution >= 0.6 is 10.8 Å². The summed E-state index contributed by atoms with van der Waals surface area (Å²) in [4.78, 5) is 4.08. The summed E-state index contributed by atoms with van der Waals surface area (Å²) < 4.78 is 29.9. The summed E-state index contributed by atoms with van der Waals surface area (Å²) in [7, 11) is -3.72. The molecule has 0 unspecified atom stereocenters. The third kappa shape index (κ3) is 5.71. The van der Waals surface area contributed by atoms with Crippen LogP contribution in [-0.4, -0.2) is 24.1 Å². The maximum atomic E-state index is 10.6. The second-order valence-corrected chi connectivity index (χ2v) is 6.99. The molecule has 1 atom stereocenters. The number of rotatable bonds is 5. The average molecular weight is 274 g/mol. The SMILES string of the molecule is C[C@H](SS(=O)(=O)O)C(N)=NCc1ccccc1. The minimum absolute atomic E-state index is 0.191. The number of nitrogens with zero attached hydrogens (tertiary/aromatic N) is 1. The lowest BCUT2D eigenvalue weighted by Gasteiger charge is -2.07. The Morgan fingerprint density at radius 3 is 2.59 bits per heavy atom. The number of hydrogen-bond acceptors (Lipinski definition) is 4. The molecule has 0 aliphatic rings. The quantitative estimate of drug-likeness (QED) is 0.367. The molecule has 0 aliphatic carbocycles. The van der Waals surface area contributed by atoms with Crippen LogP contribution in [-0.2, 0) is 15.7 Å². The number of amidine groups is 1. The third-order valence-corrected chi connectivity index (χ3v) is 4.34. The Balaban J connectivity index is 2.61. The fourth-order valence-corrected chi connectivity index (χ4v) is 3.05. The van der Waals surface area contributed by atoms with Crippen molar-refractivity contribution < 1.29 is 13.0 Å². The first-order valence-corrected chi connectivity index (χ1v) is 7.71. The summed E-state index contributed by atoms with van der Waals surface area (Å²) in [6.45, 7) is 1.96. The molecule has 7 heteroatoms. The fraction of sp³-hybridized carbons (Fsp3) is 0.300. The van der Waals surface area contributed by atoms with Gasteiger partial charge in [-0.2, -0.15) is 8.42 Å². The molecule has 1 rings (SSSR count). The van der Waals surface area contributed by atoms with E-state index < -0.39 is 14.4 Å². The fourth-order valence-electron chi connectivity index (χ4n) is 1.13. The van der Waals surface area contributed by atoms with Gasteiger partial charge in [0.2, 0.25) is 0 Å². The lowest BCUT2D eigenvalue weighted by Crippen LogP contribution is -2.25. The van der Waals surface area contributed by atoms with Crippen LogP contribution in [0.3, 0.4) is 0 Å². The Bertz CT molecular complexity index is 486. The molecular weight excluding hydrogens is 260 g/mol. The zero-order chi connectivity index (χ0) is 12.9. The van der Waals surface area contributed by atoms with Gasteiger partial charge < -0.3 is 5.73 Å². The topological polar surface area (TPSA) is 92.8 Å². The van der Waals surface area contributed by atoms with Crippen molar-refractivity contribution in [2.75, 3.05) is 0 Å². The molecule has 0 bridgehead atoms. The van der Waals surface area contributed by atoms with Crippen molar-refractivity contribution in [3.8, 4) is 0 Å². The number of benzene rings is 1. The summed E-state index contributed by atoms with van der Waals surface area (Å²) in [5, 5.41) is -0.575. The maximum absolute atomic E-state index is 10.6. The molecule has 1 aromatic rings. The summed E-state index contributed by atoms with van der Waals surface area (Å²) in [6.07, 6.45) is 0. The van der Waals surface area contributed by atoms with Gasteiger partial charge in [-0.15, -0.1) is 0 Å². The molecule has 0 amide bonds. The van der Waals surface area contributed by atoms with Crippen molar-refractivity contribution in [2.45, 2.75) is 18.7 Å². The van der Waals surface area contributed by atoms with Gasteiger partial charge in [0.15, 0.2) is 0 Å². The summed E-state index contributed by atoms with van der Waals surface area (Å²) in [6, 6.07) is 9.47. The molecule has 0 aliphatic heterocycles. The van der Waals surface area contributed by atoms with Gasteiger partial charge in [-0.05, 0) is 12.5 Å². The van der Waals surface area contributed by atoms with Gasteiger partial charge in [-0.3, -0.25) is 9.55 Å². The van der Waals surface area contributed by atoms with Gasteiger partial charge in [0.1, 0.15) is 5.84 Å². The Morgan fingerprint density at radius 1 is 1.47 bits per heavy atom. The van der Waals surface area contributed by atoms with Crippen LogP contribution in [0.1, 0.15) is 12.5 Å². The molecule has 94 valence electrons. The first kappa shape index (κ1) is 14.0. The van der Waals surface area contributed by atoms with E-state index in [2.05, 4.69) is 4.99 Å². The third-order valence-electron chi connectivity index (χ3n) is 1.97. The van der Waals surface area contributed by atoms with Gasteiger partial charge in [-0.1, -0.05) is 30.3 Å². The van der Waals surface area contributed by atoms with Crippen LogP contribution in [0.15, 0.2) is 35.3 Å². The maximum Gasteiger partial charge on any atom is 0.320 e. The number of nitrogens with two attached hydrogens (primary N) is 1. The minimum atomic E-state index is -4.10. The predicted octanol–water partition coefficient (Wildman–Crippen LogP) is 1.47. The van der Waals surface area contributed by atoms with Gasteiger partial charge in [-0.25, -0.2) is 0 Å².